The van der Waals surface area contributed by atoms with Crippen LogP contribution >= 0.6 is 22.7 Å². The molecule has 0 bridgehead atoms. The second kappa shape index (κ2) is 18.0. The van der Waals surface area contributed by atoms with Crippen LogP contribution in [0, 0.1) is 13.8 Å². The molecule has 4 nitrogen and oxygen atoms in total. The summed E-state index contributed by atoms with van der Waals surface area (Å²) in [6.07, 6.45) is 16.2. The minimum absolute atomic E-state index is 0.400. The number of aryl methyl sites for hydroxylation is 2. The average Bonchev–Trinajstić information content (AvgIpc) is 3.93. The minimum Gasteiger partial charge on any atom is -0.477 e. The second-order valence-electron chi connectivity index (χ2n) is 15.6. The Labute approximate surface area is 338 Å². The van der Waals surface area contributed by atoms with Gasteiger partial charge in [-0.2, -0.15) is 0 Å². The summed E-state index contributed by atoms with van der Waals surface area (Å²) in [5, 5.41) is 3.40. The monoisotopic (exact) mass is 786 g/mol. The number of nitrogens with zero attached hydrogens (tertiary/aromatic N) is 2. The van der Waals surface area contributed by atoms with E-state index in [1.807, 2.05) is 11.3 Å². The van der Waals surface area contributed by atoms with Gasteiger partial charge in [-0.15, -0.1) is 22.7 Å². The first kappa shape index (κ1) is 39.5. The lowest BCUT2D eigenvalue weighted by Gasteiger charge is -2.31. The Balaban J connectivity index is 1.28. The Morgan fingerprint density at radius 3 is 1.56 bits per heavy atom. The van der Waals surface area contributed by atoms with Crippen LogP contribution < -0.4 is 19.8 Å². The third-order valence-electron chi connectivity index (χ3n) is 11.7. The Bertz CT molecular complexity index is 2220. The fraction of sp³-hybridized carbons (Fsp3) is 0.417. The van der Waals surface area contributed by atoms with Crippen LogP contribution in [0.2, 0.25) is 12.1 Å². The fourth-order valence-corrected chi connectivity index (χ4v) is 16.5. The molecule has 0 radical (unpaired) electrons. The van der Waals surface area contributed by atoms with E-state index < -0.39 is 8.07 Å². The van der Waals surface area contributed by atoms with Gasteiger partial charge in [0.2, 0.25) is 0 Å². The molecule has 0 saturated carbocycles. The van der Waals surface area contributed by atoms with Crippen molar-refractivity contribution in [3.05, 3.63) is 83.2 Å². The van der Waals surface area contributed by atoms with Gasteiger partial charge in [-0.1, -0.05) is 145 Å². The van der Waals surface area contributed by atoms with Crippen molar-refractivity contribution >= 4 is 52.2 Å². The zero-order chi connectivity index (χ0) is 38.4. The summed E-state index contributed by atoms with van der Waals surface area (Å²) in [4.78, 5) is 14.9. The Kier molecular flexibility index (Phi) is 12.9. The molecule has 0 N–H and O–H groups in total. The van der Waals surface area contributed by atoms with Gasteiger partial charge in [0.15, 0.2) is 0 Å². The summed E-state index contributed by atoms with van der Waals surface area (Å²) >= 11 is 3.62. The van der Waals surface area contributed by atoms with E-state index in [0.717, 1.165) is 22.2 Å². The molecule has 0 fully saturated rings. The van der Waals surface area contributed by atoms with E-state index in [1.165, 1.54) is 131 Å². The molecule has 3 aromatic carbocycles. The molecule has 0 saturated heterocycles. The molecular weight excluding hydrogens is 729 g/mol. The Hall–Kier alpha value is -3.78. The van der Waals surface area contributed by atoms with Gasteiger partial charge in [-0.05, 0) is 77.3 Å². The average molecular weight is 787 g/mol. The normalized spacial score (nSPS) is 13.0. The van der Waals surface area contributed by atoms with Crippen molar-refractivity contribution in [2.75, 3.05) is 14.2 Å². The number of ether oxygens (including phenoxy) is 2. The highest BCUT2D eigenvalue weighted by Gasteiger charge is 2.44. The van der Waals surface area contributed by atoms with Crippen LogP contribution in [-0.2, 0) is 0 Å². The zero-order valence-electron chi connectivity index (χ0n) is 33.9. The first-order valence-corrected chi connectivity index (χ1v) is 24.8. The lowest BCUT2D eigenvalue weighted by molar-refractivity contribution is 0.334. The molecule has 288 valence electrons. The first-order chi connectivity index (χ1) is 26.9. The molecule has 0 atom stereocenters. The van der Waals surface area contributed by atoms with Crippen molar-refractivity contribution in [3.8, 4) is 54.2 Å². The number of thiophene rings is 2. The third-order valence-corrected chi connectivity index (χ3v) is 19.2. The highest BCUT2D eigenvalue weighted by molar-refractivity contribution is 7.19. The van der Waals surface area contributed by atoms with Gasteiger partial charge in [0, 0.05) is 30.6 Å². The lowest BCUT2D eigenvalue weighted by atomic mass is 10.0. The smallest absolute Gasteiger partial charge is 0.278 e. The number of fused-ring (bicyclic) bond motifs is 4. The molecule has 7 heteroatoms. The van der Waals surface area contributed by atoms with E-state index in [-0.39, 0.29) is 0 Å². The predicted octanol–water partition coefficient (Wildman–Crippen LogP) is 13.7. The van der Waals surface area contributed by atoms with E-state index >= 15 is 0 Å². The molecule has 0 amide bonds. The maximum atomic E-state index is 5.67. The number of unbranched alkanes of at least 4 members (excludes halogenated alkanes) is 10. The van der Waals surface area contributed by atoms with Crippen LogP contribution in [-0.4, -0.2) is 32.3 Å². The predicted molar refractivity (Wildman–Crippen MR) is 241 cm³/mol. The molecule has 0 aliphatic carbocycles. The summed E-state index contributed by atoms with van der Waals surface area (Å²) in [5.41, 5.74) is 9.54. The van der Waals surface area contributed by atoms with Gasteiger partial charge in [0.25, 0.3) is 11.8 Å². The highest BCUT2D eigenvalue weighted by atomic mass is 32.1. The van der Waals surface area contributed by atoms with E-state index in [0.29, 0.717) is 11.8 Å². The SMILES string of the molecule is CCCCCCCC[Si]1(CCCCCCCC)c2cc(C)ccc2-c2ccc(-c3ccc(-c4ccc(-c5ccc(C)s5)c5nc(OC)c(OC)nc45)s3)cc21. The Morgan fingerprint density at radius 2 is 1.00 bits per heavy atom. The van der Waals surface area contributed by atoms with Crippen LogP contribution in [0.5, 0.6) is 11.8 Å². The highest BCUT2D eigenvalue weighted by Crippen LogP contribution is 2.44. The van der Waals surface area contributed by atoms with E-state index in [2.05, 4.69) is 100 Å². The van der Waals surface area contributed by atoms with Gasteiger partial charge in [-0.25, -0.2) is 9.97 Å². The van der Waals surface area contributed by atoms with Gasteiger partial charge in [-0.3, -0.25) is 0 Å². The van der Waals surface area contributed by atoms with Crippen molar-refractivity contribution in [1.29, 1.82) is 0 Å². The minimum atomic E-state index is -1.99. The van der Waals surface area contributed by atoms with Crippen LogP contribution in [0.15, 0.2) is 72.8 Å². The maximum absolute atomic E-state index is 5.67. The number of hydrogen-bond donors (Lipinski definition) is 0. The van der Waals surface area contributed by atoms with E-state index in [9.17, 15) is 0 Å². The van der Waals surface area contributed by atoms with Crippen molar-refractivity contribution in [3.63, 3.8) is 0 Å². The molecule has 0 unspecified atom stereocenters. The molecule has 4 heterocycles. The van der Waals surface area contributed by atoms with Crippen LogP contribution in [0.3, 0.4) is 0 Å². The molecular formula is C48H58N2O2S2Si. The first-order valence-electron chi connectivity index (χ1n) is 20.8. The molecule has 6 aromatic rings. The lowest BCUT2D eigenvalue weighted by Crippen LogP contribution is -2.55. The maximum Gasteiger partial charge on any atom is 0.278 e. The quantitative estimate of drug-likeness (QED) is 0.0606. The number of aromatic nitrogens is 2. The summed E-state index contributed by atoms with van der Waals surface area (Å²) < 4.78 is 11.3. The standard InChI is InChI=1S/C48H58N2O2S2Si/c1-7-9-11-13-15-17-29-55(30-18-16-14-12-10-8-2)43-31-33(3)19-22-36(43)37-23-21-35(32-44(37)55)40-27-28-42(54-40)39-25-24-38(41-26-20-34(4)53-41)45-46(39)50-48(52-6)47(49-45)51-5/h19-28,31-32H,7-18,29-30H2,1-6H3. The van der Waals surface area contributed by atoms with Crippen molar-refractivity contribution in [2.45, 2.75) is 117 Å². The fourth-order valence-electron chi connectivity index (χ4n) is 8.83. The van der Waals surface area contributed by atoms with Gasteiger partial charge in [0.1, 0.15) is 19.1 Å². The largest absolute Gasteiger partial charge is 0.477 e. The van der Waals surface area contributed by atoms with Crippen LogP contribution in [0.4, 0.5) is 0 Å². The van der Waals surface area contributed by atoms with Crippen LogP contribution in [0.25, 0.3) is 53.5 Å². The molecule has 1 aliphatic rings. The number of rotatable bonds is 19. The summed E-state index contributed by atoms with van der Waals surface area (Å²) in [7, 11) is 1.26. The van der Waals surface area contributed by atoms with E-state index in [4.69, 9.17) is 19.4 Å². The molecule has 1 aliphatic heterocycles. The topological polar surface area (TPSA) is 44.2 Å². The van der Waals surface area contributed by atoms with Crippen molar-refractivity contribution in [2.24, 2.45) is 0 Å². The van der Waals surface area contributed by atoms with E-state index in [1.54, 1.807) is 35.9 Å². The van der Waals surface area contributed by atoms with Gasteiger partial charge >= 0.3 is 0 Å². The molecule has 7 rings (SSSR count). The zero-order valence-corrected chi connectivity index (χ0v) is 36.5. The third kappa shape index (κ3) is 8.21. The summed E-state index contributed by atoms with van der Waals surface area (Å²) in [6.45, 7) is 9.07. The number of methoxy groups -OCH3 is 2. The molecule has 0 spiro atoms. The number of benzene rings is 3. The van der Waals surface area contributed by atoms with Gasteiger partial charge < -0.3 is 9.47 Å². The van der Waals surface area contributed by atoms with Crippen LogP contribution in [0.1, 0.15) is 101 Å². The van der Waals surface area contributed by atoms with Crippen molar-refractivity contribution in [1.82, 2.24) is 9.97 Å². The summed E-state index contributed by atoms with van der Waals surface area (Å²) in [6, 6.07) is 30.9. The summed E-state index contributed by atoms with van der Waals surface area (Å²) in [5.74, 6) is 0.801. The second-order valence-corrected chi connectivity index (χ2v) is 22.2. The van der Waals surface area contributed by atoms with Gasteiger partial charge in [0.05, 0.1) is 14.2 Å². The van der Waals surface area contributed by atoms with Crippen molar-refractivity contribution < 1.29 is 9.47 Å². The molecule has 55 heavy (non-hydrogen) atoms. The molecule has 3 aromatic heterocycles. The number of hydrogen-bond acceptors (Lipinski definition) is 6. The Morgan fingerprint density at radius 1 is 0.509 bits per heavy atom.